The van der Waals surface area contributed by atoms with E-state index in [9.17, 15) is 0 Å². The van der Waals surface area contributed by atoms with Crippen molar-refractivity contribution in [2.24, 2.45) is 0 Å². The Morgan fingerprint density at radius 2 is 1.58 bits per heavy atom. The van der Waals surface area contributed by atoms with Crippen LogP contribution in [0.25, 0.3) is 6.08 Å². The van der Waals surface area contributed by atoms with Crippen LogP contribution >= 0.6 is 69.6 Å². The summed E-state index contributed by atoms with van der Waals surface area (Å²) in [5.74, 6) is 0.782. The molecule has 0 fully saturated rings. The molecule has 0 spiro atoms. The van der Waals surface area contributed by atoms with E-state index in [1.54, 1.807) is 31.4 Å². The zero-order chi connectivity index (χ0) is 18.4. The van der Waals surface area contributed by atoms with Crippen molar-refractivity contribution < 1.29 is 4.74 Å². The van der Waals surface area contributed by atoms with Gasteiger partial charge in [0.15, 0.2) is 5.82 Å². The molecule has 10 heteroatoms. The normalized spacial score (nSPS) is 11.3. The SMILES string of the molecule is C=Cc1ccc(OC)cc1C(Cl)(Cl)Cl.ClC(Cl)(Cl)c1ncncn1. The summed E-state index contributed by atoms with van der Waals surface area (Å²) in [5, 5.41) is 0. The number of methoxy groups -OCH3 is 1. The first-order valence-corrected chi connectivity index (χ1v) is 8.43. The number of rotatable bonds is 2. The third kappa shape index (κ3) is 6.79. The average Bonchev–Trinajstić information content (AvgIpc) is 2.54. The highest BCUT2D eigenvalue weighted by molar-refractivity contribution is 6.67. The lowest BCUT2D eigenvalue weighted by atomic mass is 10.1. The molecule has 0 aliphatic heterocycles. The summed E-state index contributed by atoms with van der Waals surface area (Å²) in [6.45, 7) is 3.64. The Kier molecular flexibility index (Phi) is 8.33. The molecule has 24 heavy (non-hydrogen) atoms. The summed E-state index contributed by atoms with van der Waals surface area (Å²) in [7, 11) is 1.56. The van der Waals surface area contributed by atoms with Gasteiger partial charge in [-0.25, -0.2) is 15.0 Å². The van der Waals surface area contributed by atoms with Crippen LogP contribution in [0.1, 0.15) is 17.0 Å². The maximum absolute atomic E-state index is 5.80. The predicted octanol–water partition coefficient (Wildman–Crippen LogP) is 5.86. The Balaban J connectivity index is 0.000000254. The van der Waals surface area contributed by atoms with Crippen molar-refractivity contribution in [2.75, 3.05) is 7.11 Å². The van der Waals surface area contributed by atoms with Gasteiger partial charge in [0.1, 0.15) is 18.4 Å². The molecule has 0 bridgehead atoms. The van der Waals surface area contributed by atoms with Gasteiger partial charge in [-0.2, -0.15) is 0 Å². The Hall–Kier alpha value is -0.490. The highest BCUT2D eigenvalue weighted by atomic mass is 35.6. The number of ether oxygens (including phenoxy) is 1. The molecule has 2 rings (SSSR count). The van der Waals surface area contributed by atoms with E-state index in [0.29, 0.717) is 11.3 Å². The molecule has 0 unspecified atom stereocenters. The van der Waals surface area contributed by atoms with Gasteiger partial charge in [-0.3, -0.25) is 0 Å². The maximum Gasteiger partial charge on any atom is 0.250 e. The molecule has 0 aliphatic carbocycles. The van der Waals surface area contributed by atoms with Crippen LogP contribution in [0, 0.1) is 0 Å². The number of hydrogen-bond acceptors (Lipinski definition) is 4. The van der Waals surface area contributed by atoms with Crippen LogP contribution in [0.5, 0.6) is 5.75 Å². The van der Waals surface area contributed by atoms with Gasteiger partial charge in [0.05, 0.1) is 7.11 Å². The van der Waals surface area contributed by atoms with Gasteiger partial charge in [-0.15, -0.1) is 0 Å². The molecule has 0 N–H and O–H groups in total. The lowest BCUT2D eigenvalue weighted by molar-refractivity contribution is 0.414. The minimum atomic E-state index is -1.55. The van der Waals surface area contributed by atoms with Crippen LogP contribution in [0.15, 0.2) is 37.4 Å². The standard InChI is InChI=1S/C10H9Cl3O.C4H2Cl3N3/c1-3-7-4-5-8(14-2)6-9(7)10(11,12)13;5-4(6,7)3-9-1-8-2-10-3/h3-6H,1H2,2H3;1-2H. The Morgan fingerprint density at radius 3 is 1.96 bits per heavy atom. The van der Waals surface area contributed by atoms with Crippen LogP contribution in [-0.4, -0.2) is 22.1 Å². The van der Waals surface area contributed by atoms with Gasteiger partial charge in [-0.05, 0) is 17.7 Å². The molecule has 1 aromatic carbocycles. The van der Waals surface area contributed by atoms with E-state index in [1.165, 1.54) is 12.7 Å². The van der Waals surface area contributed by atoms with Gasteiger partial charge in [0.2, 0.25) is 7.59 Å². The van der Waals surface area contributed by atoms with Crippen LogP contribution in [0.4, 0.5) is 0 Å². The molecule has 1 aromatic heterocycles. The van der Waals surface area contributed by atoms with E-state index in [2.05, 4.69) is 21.5 Å². The Bertz CT molecular complexity index is 670. The van der Waals surface area contributed by atoms with Crippen molar-refractivity contribution in [2.45, 2.75) is 7.59 Å². The lowest BCUT2D eigenvalue weighted by Crippen LogP contribution is -2.06. The van der Waals surface area contributed by atoms with E-state index in [0.717, 1.165) is 5.56 Å². The third-order valence-electron chi connectivity index (χ3n) is 2.53. The molecule has 0 radical (unpaired) electrons. The minimum Gasteiger partial charge on any atom is -0.497 e. The Morgan fingerprint density at radius 1 is 1.00 bits per heavy atom. The summed E-state index contributed by atoms with van der Waals surface area (Å²) >= 11 is 33.7. The number of alkyl halides is 6. The van der Waals surface area contributed by atoms with E-state index < -0.39 is 7.59 Å². The van der Waals surface area contributed by atoms with Crippen LogP contribution < -0.4 is 4.74 Å². The molecular formula is C14H11Cl6N3O. The van der Waals surface area contributed by atoms with Crippen LogP contribution in [0.2, 0.25) is 0 Å². The summed E-state index contributed by atoms with van der Waals surface area (Å²) < 4.78 is 2.03. The van der Waals surface area contributed by atoms with E-state index in [1.807, 2.05) is 0 Å². The molecular weight excluding hydrogens is 439 g/mol. The number of nitrogens with zero attached hydrogens (tertiary/aromatic N) is 3. The van der Waals surface area contributed by atoms with Crippen LogP contribution in [0.3, 0.4) is 0 Å². The first-order chi connectivity index (χ1) is 11.1. The van der Waals surface area contributed by atoms with E-state index in [-0.39, 0.29) is 5.82 Å². The molecule has 0 saturated heterocycles. The minimum absolute atomic E-state index is 0.132. The van der Waals surface area contributed by atoms with Gasteiger partial charge in [0, 0.05) is 5.56 Å². The van der Waals surface area contributed by atoms with Crippen LogP contribution in [-0.2, 0) is 7.59 Å². The average molecular weight is 450 g/mol. The largest absolute Gasteiger partial charge is 0.497 e. The summed E-state index contributed by atoms with van der Waals surface area (Å²) in [4.78, 5) is 10.8. The second kappa shape index (κ2) is 9.27. The summed E-state index contributed by atoms with van der Waals surface area (Å²) in [6.07, 6.45) is 4.17. The number of halogens is 6. The Labute approximate surface area is 169 Å². The monoisotopic (exact) mass is 447 g/mol. The number of aromatic nitrogens is 3. The molecule has 0 amide bonds. The molecule has 0 aliphatic rings. The van der Waals surface area contributed by atoms with Gasteiger partial charge < -0.3 is 4.74 Å². The van der Waals surface area contributed by atoms with Gasteiger partial charge in [-0.1, -0.05) is 88.3 Å². The van der Waals surface area contributed by atoms with Crippen molar-refractivity contribution in [1.29, 1.82) is 0 Å². The van der Waals surface area contributed by atoms with Crippen molar-refractivity contribution in [1.82, 2.24) is 15.0 Å². The molecule has 0 atom stereocenters. The first kappa shape index (κ1) is 21.6. The van der Waals surface area contributed by atoms with Gasteiger partial charge >= 0.3 is 0 Å². The molecule has 4 nitrogen and oxygen atoms in total. The number of benzene rings is 1. The molecule has 2 aromatic rings. The van der Waals surface area contributed by atoms with Crippen molar-refractivity contribution in [3.63, 3.8) is 0 Å². The van der Waals surface area contributed by atoms with Crippen molar-refractivity contribution >= 4 is 75.7 Å². The van der Waals surface area contributed by atoms with Crippen molar-refractivity contribution in [3.05, 3.63) is 54.4 Å². The highest BCUT2D eigenvalue weighted by Crippen LogP contribution is 2.41. The van der Waals surface area contributed by atoms with Crippen molar-refractivity contribution in [3.8, 4) is 5.75 Å². The fourth-order valence-electron chi connectivity index (χ4n) is 1.47. The second-order valence-corrected chi connectivity index (χ2v) is 8.68. The fraction of sp³-hybridized carbons (Fsp3) is 0.214. The van der Waals surface area contributed by atoms with Gasteiger partial charge in [0.25, 0.3) is 0 Å². The first-order valence-electron chi connectivity index (χ1n) is 6.16. The summed E-state index contributed by atoms with van der Waals surface area (Å²) in [6, 6.07) is 5.27. The predicted molar refractivity (Wildman–Crippen MR) is 101 cm³/mol. The molecule has 130 valence electrons. The second-order valence-electron chi connectivity index (χ2n) is 4.11. The van der Waals surface area contributed by atoms with E-state index >= 15 is 0 Å². The summed E-state index contributed by atoms with van der Waals surface area (Å²) in [5.41, 5.74) is 1.35. The zero-order valence-electron chi connectivity index (χ0n) is 12.2. The smallest absolute Gasteiger partial charge is 0.250 e. The maximum atomic E-state index is 5.80. The fourth-order valence-corrected chi connectivity index (χ4v) is 2.26. The third-order valence-corrected chi connectivity index (χ3v) is 3.65. The quantitative estimate of drug-likeness (QED) is 0.538. The molecule has 1 heterocycles. The lowest BCUT2D eigenvalue weighted by Gasteiger charge is -2.15. The topological polar surface area (TPSA) is 47.9 Å². The number of hydrogen-bond donors (Lipinski definition) is 0. The molecule has 0 saturated carbocycles. The zero-order valence-corrected chi connectivity index (χ0v) is 16.7. The van der Waals surface area contributed by atoms with E-state index in [4.69, 9.17) is 74.3 Å². The highest BCUT2D eigenvalue weighted by Gasteiger charge is 2.26.